The first kappa shape index (κ1) is 67.8. The minimum Gasteiger partial charge on any atom is 0 e. The smallest absolute Gasteiger partial charge is 0 e. The maximum atomic E-state index is 0. The Bertz CT molecular complexity index is 6.00. The molecule has 0 saturated carbocycles. The van der Waals surface area contributed by atoms with Crippen molar-refractivity contribution in [2.75, 3.05) is 0 Å². The summed E-state index contributed by atoms with van der Waals surface area (Å²) < 4.78 is 0. The third kappa shape index (κ3) is 11.1. The van der Waals surface area contributed by atoms with Crippen LogP contribution in [0.2, 0.25) is 0 Å². The van der Waals surface area contributed by atoms with Gasteiger partial charge in [-0.15, -0.1) is 0 Å². The second-order valence-electron chi connectivity index (χ2n) is 0. The average molecular weight is 84.0 g/mol. The van der Waals surface area contributed by atoms with E-state index in [4.69, 9.17) is 0 Å². The molecule has 0 unspecified atom stereocenters. The summed E-state index contributed by atoms with van der Waals surface area (Å²) in [6.45, 7) is 0. The summed E-state index contributed by atoms with van der Waals surface area (Å²) in [7, 11) is 0. The van der Waals surface area contributed by atoms with Crippen LogP contribution in [0.3, 0.4) is 0 Å². The fourth-order valence-corrected chi connectivity index (χ4v) is 0. The van der Waals surface area contributed by atoms with Gasteiger partial charge in [0.25, 0.3) is 0 Å². The van der Waals surface area contributed by atoms with Crippen LogP contribution in [0, 0.1) is 37.7 Å². The van der Waals surface area contributed by atoms with Crippen molar-refractivity contribution in [1.29, 1.82) is 0 Å². The fraction of sp³-hybridized carbons (Fsp3) is 0. The SMILES string of the molecule is [Ar].[N].[N].[O]. The molecule has 0 fully saturated rings. The van der Waals surface area contributed by atoms with Gasteiger partial charge in [-0.3, -0.25) is 0 Å². The first-order valence-electron chi connectivity index (χ1n) is 0. The molecule has 0 aromatic carbocycles. The average Bonchev–Trinajstić information content (AvgIpc) is 0. The topological polar surface area (TPSA) is 89.5 Å². The van der Waals surface area contributed by atoms with Gasteiger partial charge in [0.1, 0.15) is 0 Å². The van der Waals surface area contributed by atoms with Gasteiger partial charge in [-0.25, -0.2) is 0 Å². The Morgan fingerprint density at radius 1 is 0.750 bits per heavy atom. The third-order valence-electron chi connectivity index (χ3n) is 0. The van der Waals surface area contributed by atoms with Crippen molar-refractivity contribution < 1.29 is 43.2 Å². The van der Waals surface area contributed by atoms with E-state index in [1.807, 2.05) is 0 Å². The van der Waals surface area contributed by atoms with E-state index in [9.17, 15) is 0 Å². The Morgan fingerprint density at radius 3 is 0.750 bits per heavy atom. The molecule has 0 aliphatic heterocycles. The Labute approximate surface area is 55.2 Å². The molecule has 24 valence electrons. The zero-order valence-corrected chi connectivity index (χ0v) is 2.36. The molecule has 4 heteroatoms. The summed E-state index contributed by atoms with van der Waals surface area (Å²) in [5.41, 5.74) is 0. The van der Waals surface area contributed by atoms with Gasteiger partial charge >= 0.3 is 0 Å². The third-order valence-corrected chi connectivity index (χ3v) is 0. The van der Waals surface area contributed by atoms with Gasteiger partial charge in [0.15, 0.2) is 0 Å². The van der Waals surface area contributed by atoms with E-state index in [2.05, 4.69) is 0 Å². The molecular weight excluding hydrogens is 84.0 g/mol. The molecule has 0 bridgehead atoms. The molecule has 0 aliphatic carbocycles. The van der Waals surface area contributed by atoms with Crippen molar-refractivity contribution >= 4 is 0 Å². The van der Waals surface area contributed by atoms with Gasteiger partial charge in [-0.2, -0.15) is 0 Å². The fourth-order valence-electron chi connectivity index (χ4n) is 0. The molecule has 0 spiro atoms. The van der Waals surface area contributed by atoms with E-state index in [1.54, 1.807) is 0 Å². The van der Waals surface area contributed by atoms with Crippen molar-refractivity contribution in [2.45, 2.75) is 0 Å². The Balaban J connectivity index is 0. The number of hydrogen-bond donors (Lipinski definition) is 0. The van der Waals surface area contributed by atoms with Gasteiger partial charge in [0, 0.05) is 55.5 Å². The van der Waals surface area contributed by atoms with Crippen LogP contribution in [0.25, 0.3) is 0 Å². The minimum atomic E-state index is 0. The second-order valence-corrected chi connectivity index (χ2v) is 0. The quantitative estimate of drug-likeness (QED) is 0.357. The largest absolute Gasteiger partial charge is 0 e. The summed E-state index contributed by atoms with van der Waals surface area (Å²) >= 11 is 0. The molecule has 0 aromatic heterocycles. The normalized spacial score (nSPS) is 0. The number of hydrogen-bond acceptors (Lipinski definition) is 0. The van der Waals surface area contributed by atoms with E-state index in [0.29, 0.717) is 0 Å². The van der Waals surface area contributed by atoms with Crippen LogP contribution in [0.4, 0.5) is 0 Å². The van der Waals surface area contributed by atoms with Crippen LogP contribution in [0.5, 0.6) is 0 Å². The Morgan fingerprint density at radius 2 is 0.750 bits per heavy atom. The predicted molar refractivity (Wildman–Crippen MR) is 4.95 cm³/mol. The minimum absolute atomic E-state index is 0. The van der Waals surface area contributed by atoms with Crippen molar-refractivity contribution in [3.05, 3.63) is 0 Å². The van der Waals surface area contributed by atoms with Crippen LogP contribution in [0.1, 0.15) is 0 Å². The zero-order valence-electron chi connectivity index (χ0n) is 1.66. The summed E-state index contributed by atoms with van der Waals surface area (Å²) in [6.07, 6.45) is 0. The van der Waals surface area contributed by atoms with Gasteiger partial charge in [-0.1, -0.05) is 0 Å². The molecule has 0 saturated heterocycles. The molecule has 0 aliphatic rings. The maximum absolute atomic E-state index is 0. The summed E-state index contributed by atoms with van der Waals surface area (Å²) in [5.74, 6) is 0. The first-order valence-corrected chi connectivity index (χ1v) is 0. The summed E-state index contributed by atoms with van der Waals surface area (Å²) in [4.78, 5) is 0. The first-order chi connectivity index (χ1) is 0. The Hall–Kier alpha value is 1.14. The molecule has 0 N–H and O–H groups in total. The van der Waals surface area contributed by atoms with E-state index < -0.39 is 0 Å². The Kier molecular flexibility index (Phi) is 533. The van der Waals surface area contributed by atoms with Crippen LogP contribution >= 0.6 is 0 Å². The van der Waals surface area contributed by atoms with E-state index in [0.717, 1.165) is 0 Å². The summed E-state index contributed by atoms with van der Waals surface area (Å²) in [6, 6.07) is 0. The predicted octanol–water partition coefficient (Wildman–Crippen LogP) is -1.08. The molecule has 0 atom stereocenters. The second kappa shape index (κ2) is 31.4. The van der Waals surface area contributed by atoms with Gasteiger partial charge in [0.2, 0.25) is 0 Å². The molecule has 3 nitrogen and oxygen atoms in total. The van der Waals surface area contributed by atoms with E-state index >= 15 is 0 Å². The van der Waals surface area contributed by atoms with Crippen LogP contribution in [0.15, 0.2) is 0 Å². The molecule has 4 heavy (non-hydrogen) atoms. The monoisotopic (exact) mass is 84.0 g/mol. The summed E-state index contributed by atoms with van der Waals surface area (Å²) in [5, 5.41) is 0. The molecule has 8 radical (unpaired) electrons. The van der Waals surface area contributed by atoms with Crippen molar-refractivity contribution in [1.82, 2.24) is 12.3 Å². The van der Waals surface area contributed by atoms with Crippen LogP contribution in [-0.4, -0.2) is 0 Å². The standard InChI is InChI=1S/Ar.2N.O. The van der Waals surface area contributed by atoms with Gasteiger partial charge in [0.05, 0.1) is 0 Å². The van der Waals surface area contributed by atoms with Crippen molar-refractivity contribution in [2.24, 2.45) is 0 Å². The number of rotatable bonds is 0. The molecule has 0 rings (SSSR count). The van der Waals surface area contributed by atoms with Crippen molar-refractivity contribution in [3.8, 4) is 0 Å². The molecule has 0 amide bonds. The molecule has 0 heterocycles. The molecular formula is ArN2O. The maximum Gasteiger partial charge on any atom is 0 e. The van der Waals surface area contributed by atoms with Crippen LogP contribution in [-0.2, 0) is 5.48 Å². The number of nitrogens with zero attached hydrogens (tertiary/aromatic N) is 2. The van der Waals surface area contributed by atoms with E-state index in [-0.39, 0.29) is 55.5 Å². The van der Waals surface area contributed by atoms with Gasteiger partial charge in [-0.05, 0) is 0 Å². The van der Waals surface area contributed by atoms with E-state index in [1.165, 1.54) is 0 Å². The zero-order chi connectivity index (χ0) is 0. The van der Waals surface area contributed by atoms with Crippen LogP contribution < -0.4 is 12.3 Å². The molecule has 0 aromatic rings. The van der Waals surface area contributed by atoms with Crippen molar-refractivity contribution in [3.63, 3.8) is 0 Å². The van der Waals surface area contributed by atoms with Gasteiger partial charge < -0.3 is 0 Å².